The summed E-state index contributed by atoms with van der Waals surface area (Å²) >= 11 is 0. The third kappa shape index (κ3) is 37.4. The van der Waals surface area contributed by atoms with E-state index < -0.39 is 57.4 Å². The first-order valence-electron chi connectivity index (χ1n) is 21.0. The minimum atomic E-state index is -4.73. The van der Waals surface area contributed by atoms with Crippen molar-refractivity contribution in [1.82, 2.24) is 0 Å². The number of phosphoric acid groups is 1. The molecule has 0 heterocycles. The molecule has 0 spiro atoms. The van der Waals surface area contributed by atoms with E-state index in [-0.39, 0.29) is 32.3 Å². The van der Waals surface area contributed by atoms with Crippen molar-refractivity contribution in [3.8, 4) is 0 Å². The number of aliphatic hydroxyl groups excluding tert-OH is 3. The molecule has 0 aliphatic rings. The highest BCUT2D eigenvalue weighted by Gasteiger charge is 2.22. The molecule has 0 aromatic rings. The van der Waals surface area contributed by atoms with E-state index in [0.29, 0.717) is 23.9 Å². The third-order valence-electron chi connectivity index (χ3n) is 8.55. The van der Waals surface area contributed by atoms with Crippen LogP contribution in [0.2, 0.25) is 0 Å². The Kier molecular flexibility index (Phi) is 33.6. The summed E-state index contributed by atoms with van der Waals surface area (Å²) in [4.78, 5) is 37.5. The molecule has 5 atom stereocenters. The Bertz CT molecular complexity index is 1250. The molecule has 328 valence electrons. The monoisotopic (exact) mass is 826 g/mol. The highest BCUT2D eigenvalue weighted by Crippen LogP contribution is 2.38. The molecule has 13 heteroatoms. The van der Waals surface area contributed by atoms with Crippen LogP contribution >= 0.6 is 7.82 Å². The number of quaternary nitrogens is 1. The van der Waals surface area contributed by atoms with Crippen molar-refractivity contribution >= 4 is 19.8 Å². The van der Waals surface area contributed by atoms with Crippen molar-refractivity contribution in [2.45, 2.75) is 147 Å². The van der Waals surface area contributed by atoms with Gasteiger partial charge in [-0.2, -0.15) is 0 Å². The number of nitrogens with zero attached hydrogens (tertiary/aromatic N) is 1. The first-order valence-corrected chi connectivity index (χ1v) is 22.4. The van der Waals surface area contributed by atoms with Crippen LogP contribution in [0, 0.1) is 0 Å². The molecule has 0 saturated heterocycles. The van der Waals surface area contributed by atoms with Gasteiger partial charge in [-0.3, -0.25) is 14.2 Å². The summed E-state index contributed by atoms with van der Waals surface area (Å²) < 4.78 is 33.5. The van der Waals surface area contributed by atoms with Crippen LogP contribution in [0.4, 0.5) is 0 Å². The Morgan fingerprint density at radius 1 is 0.702 bits per heavy atom. The smallest absolute Gasteiger partial charge is 0.306 e. The number of ether oxygens (including phenoxy) is 2. The van der Waals surface area contributed by atoms with Gasteiger partial charge >= 0.3 is 11.9 Å². The molecule has 1 unspecified atom stereocenters. The molecular weight excluding hydrogens is 749 g/mol. The molecule has 0 aromatic carbocycles. The van der Waals surface area contributed by atoms with Crippen molar-refractivity contribution < 1.29 is 57.4 Å². The van der Waals surface area contributed by atoms with Crippen LogP contribution in [0.15, 0.2) is 72.9 Å². The van der Waals surface area contributed by atoms with Gasteiger partial charge in [0.15, 0.2) is 6.10 Å². The normalized spacial score (nSPS) is 16.0. The second kappa shape index (κ2) is 35.3. The summed E-state index contributed by atoms with van der Waals surface area (Å²) in [6, 6.07) is 0. The van der Waals surface area contributed by atoms with Crippen LogP contribution in [0.5, 0.6) is 0 Å². The van der Waals surface area contributed by atoms with E-state index >= 15 is 0 Å². The van der Waals surface area contributed by atoms with Gasteiger partial charge in [0.25, 0.3) is 7.82 Å². The van der Waals surface area contributed by atoms with E-state index in [1.807, 2.05) is 40.2 Å². The Morgan fingerprint density at radius 3 is 1.95 bits per heavy atom. The number of unbranched alkanes of at least 4 members (excludes halogenated alkanes) is 9. The molecule has 0 radical (unpaired) electrons. The zero-order valence-electron chi connectivity index (χ0n) is 35.6. The Morgan fingerprint density at radius 2 is 1.30 bits per heavy atom. The number of phosphoric ester groups is 1. The topological polar surface area (TPSA) is 172 Å². The molecule has 0 saturated carbocycles. The fourth-order valence-electron chi connectivity index (χ4n) is 5.11. The number of rotatable bonds is 36. The van der Waals surface area contributed by atoms with Crippen molar-refractivity contribution in [2.24, 2.45) is 0 Å². The quantitative estimate of drug-likeness (QED) is 0.0141. The first-order chi connectivity index (χ1) is 27.2. The Labute approximate surface area is 344 Å². The molecule has 0 fully saturated rings. The standard InChI is InChI=1S/C44H76NO11P/c1-6-8-10-11-12-13-14-15-16-17-18-23-27-33-43(49)53-37-40(38-55-57(51,52)54-36-35-45(3,4)5)56-44(50)34-28-32-42(48)41(47)31-26-22-20-19-21-25-30-39(46)29-24-9-7-2/h9,13-14,19-22,24-26,30-31,39-42,46-48H,6-8,10-12,15-18,23,27-29,32-38H2,1-5H3/b14-13-,21-19+,22-20-,24-9-,30-25+,31-26-/t39-,40+,41+,42+/m0/s1. The van der Waals surface area contributed by atoms with Gasteiger partial charge < -0.3 is 43.2 Å². The molecule has 3 N–H and O–H groups in total. The summed E-state index contributed by atoms with van der Waals surface area (Å²) in [6.45, 7) is 3.57. The number of hydrogen-bond acceptors (Lipinski definition) is 11. The molecule has 0 aliphatic carbocycles. The van der Waals surface area contributed by atoms with Gasteiger partial charge in [-0.1, -0.05) is 125 Å². The first kappa shape index (κ1) is 54.3. The summed E-state index contributed by atoms with van der Waals surface area (Å²) in [5.41, 5.74) is 0. The molecule has 12 nitrogen and oxygen atoms in total. The Hall–Kier alpha value is -2.67. The maximum atomic E-state index is 12.7. The van der Waals surface area contributed by atoms with Crippen LogP contribution in [0.3, 0.4) is 0 Å². The fourth-order valence-corrected chi connectivity index (χ4v) is 5.83. The molecule has 57 heavy (non-hydrogen) atoms. The largest absolute Gasteiger partial charge is 0.756 e. The van der Waals surface area contributed by atoms with Crippen LogP contribution in [0.1, 0.15) is 123 Å². The number of allylic oxidation sites excluding steroid dienone is 9. The van der Waals surface area contributed by atoms with Gasteiger partial charge in [-0.25, -0.2) is 0 Å². The summed E-state index contributed by atoms with van der Waals surface area (Å²) in [5, 5.41) is 30.5. The lowest BCUT2D eigenvalue weighted by Gasteiger charge is -2.28. The highest BCUT2D eigenvalue weighted by molar-refractivity contribution is 7.45. The zero-order valence-corrected chi connectivity index (χ0v) is 36.5. The van der Waals surface area contributed by atoms with Crippen LogP contribution in [-0.4, -0.2) is 104 Å². The van der Waals surface area contributed by atoms with Crippen molar-refractivity contribution in [3.05, 3.63) is 72.9 Å². The van der Waals surface area contributed by atoms with Crippen molar-refractivity contribution in [2.75, 3.05) is 47.5 Å². The minimum Gasteiger partial charge on any atom is -0.756 e. The number of carbonyl (C=O) groups excluding carboxylic acids is 2. The van der Waals surface area contributed by atoms with Crippen molar-refractivity contribution in [1.29, 1.82) is 0 Å². The molecule has 0 aliphatic heterocycles. The van der Waals surface area contributed by atoms with E-state index in [4.69, 9.17) is 18.5 Å². The lowest BCUT2D eigenvalue weighted by Crippen LogP contribution is -2.37. The molecule has 0 bridgehead atoms. The number of hydrogen-bond donors (Lipinski definition) is 3. The second-order valence-corrected chi connectivity index (χ2v) is 16.6. The van der Waals surface area contributed by atoms with Gasteiger partial charge in [0.2, 0.25) is 0 Å². The van der Waals surface area contributed by atoms with E-state index in [0.717, 1.165) is 44.9 Å². The molecule has 0 aromatic heterocycles. The Balaban J connectivity index is 4.78. The van der Waals surface area contributed by atoms with Crippen LogP contribution < -0.4 is 4.89 Å². The number of aliphatic hydroxyl groups is 3. The van der Waals surface area contributed by atoms with Gasteiger partial charge in [0.1, 0.15) is 19.8 Å². The summed E-state index contributed by atoms with van der Waals surface area (Å²) in [6.07, 6.45) is 31.7. The lowest BCUT2D eigenvalue weighted by molar-refractivity contribution is -0.870. The average Bonchev–Trinajstić information content (AvgIpc) is 3.15. The zero-order chi connectivity index (χ0) is 42.6. The van der Waals surface area contributed by atoms with Crippen molar-refractivity contribution in [3.63, 3.8) is 0 Å². The summed E-state index contributed by atoms with van der Waals surface area (Å²) in [5.74, 6) is -1.19. The maximum absolute atomic E-state index is 12.7. The lowest BCUT2D eigenvalue weighted by atomic mass is 10.1. The van der Waals surface area contributed by atoms with E-state index in [9.17, 15) is 34.4 Å². The SMILES string of the molecule is CC/C=C\C[C@H](O)/C=C/C=C/C=C\C=C/[C@@H](O)[C@H](O)CCCC(=O)O[C@H](COC(=O)CCCCCCC/C=C\CCCCCC)COP(=O)([O-])OCC[N+](C)(C)C. The number of esters is 2. The molecular formula is C44H76NO11P. The number of likely N-dealkylation sites (N-methyl/N-ethyl adjacent to an activating group) is 1. The van der Waals surface area contributed by atoms with Gasteiger partial charge in [-0.15, -0.1) is 0 Å². The summed E-state index contributed by atoms with van der Waals surface area (Å²) in [7, 11) is 0.929. The highest BCUT2D eigenvalue weighted by atomic mass is 31.2. The van der Waals surface area contributed by atoms with Gasteiger partial charge in [0, 0.05) is 12.8 Å². The second-order valence-electron chi connectivity index (χ2n) is 15.2. The van der Waals surface area contributed by atoms with Crippen LogP contribution in [0.25, 0.3) is 0 Å². The predicted octanol–water partition coefficient (Wildman–Crippen LogP) is 7.74. The van der Waals surface area contributed by atoms with E-state index in [1.165, 1.54) is 31.8 Å². The maximum Gasteiger partial charge on any atom is 0.306 e. The predicted molar refractivity (Wildman–Crippen MR) is 226 cm³/mol. The van der Waals surface area contributed by atoms with Gasteiger partial charge in [0.05, 0.1) is 46.1 Å². The third-order valence-corrected chi connectivity index (χ3v) is 9.52. The molecule has 0 amide bonds. The fraction of sp³-hybridized carbons (Fsp3) is 0.682. The average molecular weight is 826 g/mol. The number of carbonyl (C=O) groups is 2. The molecule has 0 rings (SSSR count). The van der Waals surface area contributed by atoms with Gasteiger partial charge in [-0.05, 0) is 57.8 Å². The minimum absolute atomic E-state index is 0.0899. The van der Waals surface area contributed by atoms with E-state index in [2.05, 4.69) is 19.1 Å². The van der Waals surface area contributed by atoms with E-state index in [1.54, 1.807) is 42.5 Å². The van der Waals surface area contributed by atoms with Crippen LogP contribution in [-0.2, 0) is 32.7 Å².